The van der Waals surface area contributed by atoms with Gasteiger partial charge in [0.1, 0.15) is 0 Å². The summed E-state index contributed by atoms with van der Waals surface area (Å²) in [6.07, 6.45) is 1.44. The number of nitro groups is 2. The molecule has 1 amide bonds. The van der Waals surface area contributed by atoms with E-state index in [1.165, 1.54) is 66.6 Å². The maximum absolute atomic E-state index is 13.1. The van der Waals surface area contributed by atoms with E-state index in [0.717, 1.165) is 0 Å². The Kier molecular flexibility index (Phi) is 5.41. The van der Waals surface area contributed by atoms with Gasteiger partial charge in [0.25, 0.3) is 17.3 Å². The number of rotatable bonds is 5. The Balaban J connectivity index is 2.07. The summed E-state index contributed by atoms with van der Waals surface area (Å²) in [4.78, 5) is 47.3. The largest absolute Gasteiger partial charge is 0.465 e. The molecule has 0 bridgehead atoms. The molecule has 0 saturated heterocycles. The predicted molar refractivity (Wildman–Crippen MR) is 106 cm³/mol. The summed E-state index contributed by atoms with van der Waals surface area (Å²) in [5.41, 5.74) is 0.962. The molecule has 1 aliphatic heterocycles. The van der Waals surface area contributed by atoms with E-state index >= 15 is 0 Å². The van der Waals surface area contributed by atoms with Crippen LogP contribution in [-0.4, -0.2) is 28.8 Å². The normalized spacial score (nSPS) is 14.9. The van der Waals surface area contributed by atoms with Gasteiger partial charge in [0, 0.05) is 35.6 Å². The first-order valence-electron chi connectivity index (χ1n) is 8.59. The van der Waals surface area contributed by atoms with Crippen molar-refractivity contribution in [2.75, 3.05) is 12.0 Å². The second-order valence-electron chi connectivity index (χ2n) is 6.27. The molecule has 10 heteroatoms. The van der Waals surface area contributed by atoms with Crippen molar-refractivity contribution in [3.63, 3.8) is 0 Å². The third kappa shape index (κ3) is 3.65. The van der Waals surface area contributed by atoms with E-state index in [2.05, 4.69) is 0 Å². The molecule has 0 aromatic heterocycles. The van der Waals surface area contributed by atoms with Crippen LogP contribution < -0.4 is 4.90 Å². The lowest BCUT2D eigenvalue weighted by Crippen LogP contribution is -2.24. The van der Waals surface area contributed by atoms with Crippen molar-refractivity contribution in [1.82, 2.24) is 0 Å². The van der Waals surface area contributed by atoms with Crippen molar-refractivity contribution in [2.24, 2.45) is 0 Å². The summed E-state index contributed by atoms with van der Waals surface area (Å²) >= 11 is 0. The molecule has 1 heterocycles. The summed E-state index contributed by atoms with van der Waals surface area (Å²) in [6, 6.07) is 10.8. The first-order valence-corrected chi connectivity index (χ1v) is 8.59. The topological polar surface area (TPSA) is 133 Å². The molecule has 0 aliphatic carbocycles. The number of nitrogens with zero attached hydrogens (tertiary/aromatic N) is 3. The number of benzene rings is 2. The quantitative estimate of drug-likeness (QED) is 0.320. The number of nitro benzene ring substituents is 2. The van der Waals surface area contributed by atoms with E-state index in [1.807, 2.05) is 0 Å². The molecule has 3 rings (SSSR count). The number of carbonyl (C=O) groups is 2. The van der Waals surface area contributed by atoms with Crippen LogP contribution in [0.4, 0.5) is 17.1 Å². The van der Waals surface area contributed by atoms with Gasteiger partial charge in [0.15, 0.2) is 0 Å². The van der Waals surface area contributed by atoms with Crippen LogP contribution in [-0.2, 0) is 14.3 Å². The van der Waals surface area contributed by atoms with Gasteiger partial charge in [-0.1, -0.05) is 0 Å². The van der Waals surface area contributed by atoms with Crippen LogP contribution >= 0.6 is 0 Å². The van der Waals surface area contributed by atoms with Crippen molar-refractivity contribution >= 4 is 35.0 Å². The summed E-state index contributed by atoms with van der Waals surface area (Å²) in [7, 11) is 1.19. The molecular formula is C20H15N3O7. The van der Waals surface area contributed by atoms with Gasteiger partial charge < -0.3 is 4.74 Å². The average molecular weight is 409 g/mol. The fourth-order valence-electron chi connectivity index (χ4n) is 3.07. The Hall–Kier alpha value is -4.34. The molecule has 152 valence electrons. The first-order chi connectivity index (χ1) is 14.2. The van der Waals surface area contributed by atoms with Crippen LogP contribution in [0, 0.1) is 20.2 Å². The van der Waals surface area contributed by atoms with Crippen molar-refractivity contribution < 1.29 is 24.2 Å². The Morgan fingerprint density at radius 1 is 0.967 bits per heavy atom. The van der Waals surface area contributed by atoms with Gasteiger partial charge in [0.05, 0.1) is 28.1 Å². The van der Waals surface area contributed by atoms with Gasteiger partial charge in [-0.05, 0) is 42.8 Å². The molecule has 2 aromatic rings. The lowest BCUT2D eigenvalue weighted by atomic mass is 10.0. The zero-order chi connectivity index (χ0) is 22.0. The van der Waals surface area contributed by atoms with Gasteiger partial charge >= 0.3 is 5.97 Å². The van der Waals surface area contributed by atoms with Crippen LogP contribution in [0.25, 0.3) is 6.08 Å². The fourth-order valence-corrected chi connectivity index (χ4v) is 3.07. The molecule has 30 heavy (non-hydrogen) atoms. The number of carbonyl (C=O) groups excluding carboxylic acids is 2. The van der Waals surface area contributed by atoms with Crippen molar-refractivity contribution in [3.8, 4) is 0 Å². The first kappa shape index (κ1) is 20.4. The Bertz CT molecular complexity index is 1120. The molecule has 0 fully saturated rings. The van der Waals surface area contributed by atoms with Crippen molar-refractivity contribution in [2.45, 2.75) is 6.92 Å². The van der Waals surface area contributed by atoms with E-state index in [0.29, 0.717) is 16.9 Å². The van der Waals surface area contributed by atoms with E-state index in [1.54, 1.807) is 6.92 Å². The number of anilines is 1. The SMILES string of the molecule is COC(=O)C1=C(C)N(c2ccc([N+](=O)[O-])cc2)C(=O)/C1=C\c1ccc([N+](=O)[O-])cc1. The highest BCUT2D eigenvalue weighted by Crippen LogP contribution is 2.36. The number of amides is 1. The third-order valence-corrected chi connectivity index (χ3v) is 4.52. The highest BCUT2D eigenvalue weighted by Gasteiger charge is 2.38. The molecule has 0 saturated carbocycles. The molecular weight excluding hydrogens is 394 g/mol. The number of esters is 1. The van der Waals surface area contributed by atoms with E-state index in [9.17, 15) is 29.8 Å². The minimum Gasteiger partial charge on any atom is -0.465 e. The van der Waals surface area contributed by atoms with Crippen molar-refractivity contribution in [3.05, 3.63) is 91.2 Å². The average Bonchev–Trinajstić information content (AvgIpc) is 2.97. The number of ether oxygens (including phenoxy) is 1. The predicted octanol–water partition coefficient (Wildman–Crippen LogP) is 3.38. The second kappa shape index (κ2) is 7.95. The number of methoxy groups -OCH3 is 1. The lowest BCUT2D eigenvalue weighted by molar-refractivity contribution is -0.385. The Morgan fingerprint density at radius 3 is 1.93 bits per heavy atom. The highest BCUT2D eigenvalue weighted by molar-refractivity contribution is 6.23. The number of non-ortho nitro benzene ring substituents is 2. The van der Waals surface area contributed by atoms with Gasteiger partial charge in [-0.2, -0.15) is 0 Å². The van der Waals surface area contributed by atoms with Crippen LogP contribution in [0.1, 0.15) is 12.5 Å². The monoisotopic (exact) mass is 409 g/mol. The fraction of sp³-hybridized carbons (Fsp3) is 0.100. The van der Waals surface area contributed by atoms with Gasteiger partial charge in [-0.15, -0.1) is 0 Å². The number of hydrogen-bond acceptors (Lipinski definition) is 7. The minimum absolute atomic E-state index is 0.0409. The standard InChI is InChI=1S/C20H15N3O7/c1-12-18(20(25)30-2)17(11-13-3-5-15(6-4-13)22(26)27)19(24)21(12)14-7-9-16(10-8-14)23(28)29/h3-11H,1-2H3/b17-11-. The third-order valence-electron chi connectivity index (χ3n) is 4.52. The smallest absolute Gasteiger partial charge is 0.340 e. The molecule has 0 atom stereocenters. The maximum Gasteiger partial charge on any atom is 0.340 e. The zero-order valence-electron chi connectivity index (χ0n) is 15.9. The molecule has 1 aliphatic rings. The summed E-state index contributed by atoms with van der Waals surface area (Å²) in [6.45, 7) is 1.56. The molecule has 0 unspecified atom stereocenters. The molecule has 0 spiro atoms. The van der Waals surface area contributed by atoms with Gasteiger partial charge in [-0.3, -0.25) is 29.9 Å². The summed E-state index contributed by atoms with van der Waals surface area (Å²) in [5, 5.41) is 21.7. The lowest BCUT2D eigenvalue weighted by Gasteiger charge is -2.17. The number of hydrogen-bond donors (Lipinski definition) is 0. The minimum atomic E-state index is -0.724. The molecule has 0 radical (unpaired) electrons. The van der Waals surface area contributed by atoms with Gasteiger partial charge in [0.2, 0.25) is 0 Å². The maximum atomic E-state index is 13.1. The molecule has 10 nitrogen and oxygen atoms in total. The van der Waals surface area contributed by atoms with Crippen LogP contribution in [0.15, 0.2) is 65.4 Å². The molecule has 2 aromatic carbocycles. The second-order valence-corrected chi connectivity index (χ2v) is 6.27. The van der Waals surface area contributed by atoms with E-state index in [4.69, 9.17) is 4.74 Å². The zero-order valence-corrected chi connectivity index (χ0v) is 15.9. The van der Waals surface area contributed by atoms with E-state index < -0.39 is 21.7 Å². The summed E-state index contributed by atoms with van der Waals surface area (Å²) in [5.74, 6) is -1.25. The Morgan fingerprint density at radius 2 is 1.47 bits per heavy atom. The highest BCUT2D eigenvalue weighted by atomic mass is 16.6. The Labute approximate surface area is 170 Å². The molecule has 0 N–H and O–H groups in total. The van der Waals surface area contributed by atoms with Crippen molar-refractivity contribution in [1.29, 1.82) is 0 Å². The summed E-state index contributed by atoms with van der Waals surface area (Å²) < 4.78 is 4.81. The van der Waals surface area contributed by atoms with E-state index in [-0.39, 0.29) is 22.5 Å². The van der Waals surface area contributed by atoms with Gasteiger partial charge in [-0.25, -0.2) is 4.79 Å². The van der Waals surface area contributed by atoms with Crippen LogP contribution in [0.2, 0.25) is 0 Å². The van der Waals surface area contributed by atoms with Crippen LogP contribution in [0.3, 0.4) is 0 Å². The number of allylic oxidation sites excluding steroid dienone is 1. The van der Waals surface area contributed by atoms with Crippen LogP contribution in [0.5, 0.6) is 0 Å².